The Hall–Kier alpha value is -3.17. The van der Waals surface area contributed by atoms with E-state index in [-0.39, 0.29) is 5.91 Å². The number of hydrogen-bond acceptors (Lipinski definition) is 3. The highest BCUT2D eigenvalue weighted by Gasteiger charge is 2.39. The lowest BCUT2D eigenvalue weighted by atomic mass is 9.82. The molecular weight excluding hydrogens is 585 g/mol. The van der Waals surface area contributed by atoms with E-state index in [0.29, 0.717) is 17.1 Å². The summed E-state index contributed by atoms with van der Waals surface area (Å²) in [5.41, 5.74) is 5.53. The van der Waals surface area contributed by atoms with Crippen molar-refractivity contribution in [3.63, 3.8) is 0 Å². The van der Waals surface area contributed by atoms with Crippen molar-refractivity contribution in [3.8, 4) is 5.69 Å². The predicted octanol–water partition coefficient (Wildman–Crippen LogP) is 6.06. The standard InChI is InChI=1S/C28H23ClIN5O/c1-18-7-10-24-22(13-18)26(30)25-11-12-28(15-35(24)25,19-5-3-2-4-6-19)33-27(36)21-9-8-20(14-23(21)29)34-16-31-32-17-34/h2-10,13-14,16-17H,11-12,15H2,1H3,(H,33,36)/t28-/m1/s1. The van der Waals surface area contributed by atoms with Crippen molar-refractivity contribution in [2.75, 3.05) is 0 Å². The molecule has 0 saturated carbocycles. The number of hydrogen-bond donors (Lipinski definition) is 1. The highest BCUT2D eigenvalue weighted by molar-refractivity contribution is 14.1. The Bertz CT molecular complexity index is 1600. The molecule has 0 aliphatic carbocycles. The highest BCUT2D eigenvalue weighted by Crippen LogP contribution is 2.40. The molecule has 0 bridgehead atoms. The third-order valence-electron chi connectivity index (χ3n) is 7.07. The van der Waals surface area contributed by atoms with Crippen LogP contribution in [0.25, 0.3) is 16.6 Å². The molecule has 8 heteroatoms. The lowest BCUT2D eigenvalue weighted by Gasteiger charge is -2.40. The summed E-state index contributed by atoms with van der Waals surface area (Å²) in [6.07, 6.45) is 4.85. The van der Waals surface area contributed by atoms with Crippen LogP contribution in [0.2, 0.25) is 5.02 Å². The summed E-state index contributed by atoms with van der Waals surface area (Å²) < 4.78 is 5.43. The Morgan fingerprint density at radius 3 is 2.58 bits per heavy atom. The number of rotatable bonds is 4. The largest absolute Gasteiger partial charge is 0.341 e. The molecule has 180 valence electrons. The zero-order valence-corrected chi connectivity index (χ0v) is 22.5. The van der Waals surface area contributed by atoms with Crippen LogP contribution in [0.4, 0.5) is 0 Å². The summed E-state index contributed by atoms with van der Waals surface area (Å²) in [6, 6.07) is 22.2. The van der Waals surface area contributed by atoms with E-state index < -0.39 is 5.54 Å². The Balaban J connectivity index is 1.40. The fraction of sp³-hybridized carbons (Fsp3) is 0.179. The van der Waals surface area contributed by atoms with E-state index in [1.807, 2.05) is 24.3 Å². The number of amides is 1. The number of nitrogens with zero attached hydrogens (tertiary/aromatic N) is 4. The molecule has 0 spiro atoms. The van der Waals surface area contributed by atoms with Gasteiger partial charge >= 0.3 is 0 Å². The Morgan fingerprint density at radius 2 is 1.83 bits per heavy atom. The number of fused-ring (bicyclic) bond motifs is 3. The molecule has 0 fully saturated rings. The summed E-state index contributed by atoms with van der Waals surface area (Å²) in [6.45, 7) is 2.77. The predicted molar refractivity (Wildman–Crippen MR) is 150 cm³/mol. The third-order valence-corrected chi connectivity index (χ3v) is 8.58. The molecule has 3 aromatic carbocycles. The van der Waals surface area contributed by atoms with E-state index in [1.165, 1.54) is 25.7 Å². The van der Waals surface area contributed by atoms with E-state index in [0.717, 1.165) is 24.1 Å². The van der Waals surface area contributed by atoms with Gasteiger partial charge in [-0.25, -0.2) is 0 Å². The lowest BCUT2D eigenvalue weighted by molar-refractivity contribution is 0.0868. The van der Waals surface area contributed by atoms with Crippen molar-refractivity contribution in [3.05, 3.63) is 110 Å². The van der Waals surface area contributed by atoms with Crippen molar-refractivity contribution in [1.29, 1.82) is 0 Å². The van der Waals surface area contributed by atoms with E-state index in [9.17, 15) is 4.79 Å². The quantitative estimate of drug-likeness (QED) is 0.253. The van der Waals surface area contributed by atoms with Gasteiger partial charge in [-0.3, -0.25) is 9.36 Å². The number of carbonyl (C=O) groups excluding carboxylic acids is 1. The van der Waals surface area contributed by atoms with Gasteiger partial charge < -0.3 is 9.88 Å². The fourth-order valence-corrected chi connectivity index (χ4v) is 6.47. The Kier molecular flexibility index (Phi) is 5.84. The normalized spacial score (nSPS) is 17.2. The van der Waals surface area contributed by atoms with Crippen LogP contribution in [-0.4, -0.2) is 25.2 Å². The first-order valence-electron chi connectivity index (χ1n) is 11.7. The minimum Gasteiger partial charge on any atom is -0.341 e. The molecule has 36 heavy (non-hydrogen) atoms. The molecule has 6 nitrogen and oxygen atoms in total. The molecule has 1 N–H and O–H groups in total. The van der Waals surface area contributed by atoms with Gasteiger partial charge in [0.1, 0.15) is 12.7 Å². The number of aryl methyl sites for hydroxylation is 1. The van der Waals surface area contributed by atoms with Gasteiger partial charge in [0.25, 0.3) is 5.91 Å². The summed E-state index contributed by atoms with van der Waals surface area (Å²) in [4.78, 5) is 13.7. The van der Waals surface area contributed by atoms with Crippen LogP contribution in [-0.2, 0) is 18.5 Å². The average Bonchev–Trinajstić information content (AvgIpc) is 3.52. The molecular formula is C28H23ClIN5O. The van der Waals surface area contributed by atoms with Crippen LogP contribution in [0.5, 0.6) is 0 Å². The average molecular weight is 608 g/mol. The van der Waals surface area contributed by atoms with Crippen LogP contribution in [0.15, 0.2) is 79.4 Å². The number of benzene rings is 3. The Morgan fingerprint density at radius 1 is 1.06 bits per heavy atom. The molecule has 1 aliphatic rings. The van der Waals surface area contributed by atoms with Crippen LogP contribution in [0.1, 0.15) is 33.6 Å². The van der Waals surface area contributed by atoms with Crippen molar-refractivity contribution in [2.45, 2.75) is 31.8 Å². The van der Waals surface area contributed by atoms with Crippen molar-refractivity contribution in [1.82, 2.24) is 24.6 Å². The van der Waals surface area contributed by atoms with Gasteiger partial charge in [0.15, 0.2) is 0 Å². The third kappa shape index (κ3) is 3.90. The molecule has 0 unspecified atom stereocenters. The van der Waals surface area contributed by atoms with Gasteiger partial charge in [0, 0.05) is 25.9 Å². The molecule has 6 rings (SSSR count). The second-order valence-corrected chi connectivity index (χ2v) is 10.8. The summed E-state index contributed by atoms with van der Waals surface area (Å²) in [5.74, 6) is -0.190. The molecule has 5 aromatic rings. The molecule has 1 atom stereocenters. The maximum atomic E-state index is 13.7. The van der Waals surface area contributed by atoms with E-state index in [1.54, 1.807) is 29.4 Å². The van der Waals surface area contributed by atoms with Crippen LogP contribution < -0.4 is 5.32 Å². The monoisotopic (exact) mass is 607 g/mol. The van der Waals surface area contributed by atoms with Crippen molar-refractivity contribution >= 4 is 51.0 Å². The van der Waals surface area contributed by atoms with E-state index in [2.05, 4.69) is 79.9 Å². The SMILES string of the molecule is Cc1ccc2c(c1)c(I)c1n2C[C@@](NC(=O)c2ccc(-n3cnnc3)cc2Cl)(c2ccccc2)CC1. The van der Waals surface area contributed by atoms with Crippen molar-refractivity contribution < 1.29 is 4.79 Å². The van der Waals surface area contributed by atoms with Gasteiger partial charge in [0.05, 0.1) is 22.7 Å². The van der Waals surface area contributed by atoms with Gasteiger partial charge in [-0.2, -0.15) is 0 Å². The first-order chi connectivity index (χ1) is 17.4. The van der Waals surface area contributed by atoms with Gasteiger partial charge in [-0.1, -0.05) is 53.6 Å². The van der Waals surface area contributed by atoms with Crippen LogP contribution in [0.3, 0.4) is 0 Å². The minimum absolute atomic E-state index is 0.190. The van der Waals surface area contributed by atoms with E-state index in [4.69, 9.17) is 11.6 Å². The minimum atomic E-state index is -0.568. The fourth-order valence-electron chi connectivity index (χ4n) is 5.22. The maximum Gasteiger partial charge on any atom is 0.253 e. The van der Waals surface area contributed by atoms with E-state index >= 15 is 0 Å². The van der Waals surface area contributed by atoms with Crippen molar-refractivity contribution in [2.24, 2.45) is 0 Å². The summed E-state index contributed by atoms with van der Waals surface area (Å²) >= 11 is 9.08. The van der Waals surface area contributed by atoms with Gasteiger partial charge in [-0.05, 0) is 78.3 Å². The number of nitrogens with one attached hydrogen (secondary N) is 1. The van der Waals surface area contributed by atoms with Crippen LogP contribution >= 0.6 is 34.2 Å². The summed E-state index contributed by atoms with van der Waals surface area (Å²) in [7, 11) is 0. The molecule has 1 amide bonds. The Labute approximate surface area is 227 Å². The second kappa shape index (κ2) is 9.05. The number of carbonyl (C=O) groups is 1. The molecule has 0 radical (unpaired) electrons. The maximum absolute atomic E-state index is 13.7. The number of halogens is 2. The second-order valence-electron chi connectivity index (χ2n) is 9.30. The molecule has 0 saturated heterocycles. The lowest BCUT2D eigenvalue weighted by Crippen LogP contribution is -2.51. The first-order valence-corrected chi connectivity index (χ1v) is 13.2. The smallest absolute Gasteiger partial charge is 0.253 e. The molecule has 2 aromatic heterocycles. The zero-order valence-electron chi connectivity index (χ0n) is 19.6. The first kappa shape index (κ1) is 23.2. The molecule has 1 aliphatic heterocycles. The number of aromatic nitrogens is 4. The van der Waals surface area contributed by atoms with Gasteiger partial charge in [-0.15, -0.1) is 10.2 Å². The van der Waals surface area contributed by atoms with Gasteiger partial charge in [0.2, 0.25) is 0 Å². The topological polar surface area (TPSA) is 64.7 Å². The van der Waals surface area contributed by atoms with Crippen LogP contribution in [0, 0.1) is 10.5 Å². The highest BCUT2D eigenvalue weighted by atomic mass is 127. The molecule has 3 heterocycles. The zero-order chi connectivity index (χ0) is 24.9. The summed E-state index contributed by atoms with van der Waals surface area (Å²) in [5, 5.41) is 12.7.